The van der Waals surface area contributed by atoms with E-state index in [1.165, 1.54) is 0 Å². The third kappa shape index (κ3) is 5.13. The number of hydrogen-bond donors (Lipinski definition) is 0. The van der Waals surface area contributed by atoms with Gasteiger partial charge in [-0.15, -0.1) is 0 Å². The van der Waals surface area contributed by atoms with Gasteiger partial charge in [0.2, 0.25) is 5.78 Å². The molecule has 39 heavy (non-hydrogen) atoms. The lowest BCUT2D eigenvalue weighted by molar-refractivity contribution is -0.175. The van der Waals surface area contributed by atoms with Gasteiger partial charge in [0.25, 0.3) is 0 Å². The molecular weight excluding hydrogens is 504 g/mol. The van der Waals surface area contributed by atoms with Gasteiger partial charge >= 0.3 is 12.3 Å². The van der Waals surface area contributed by atoms with Crippen molar-refractivity contribution in [3.8, 4) is 0 Å². The zero-order valence-corrected chi connectivity index (χ0v) is 23.7. The minimum atomic E-state index is -1.66. The van der Waals surface area contributed by atoms with Crippen molar-refractivity contribution in [3.63, 3.8) is 0 Å². The van der Waals surface area contributed by atoms with Crippen LogP contribution in [0.4, 0.5) is 9.59 Å². The molecule has 3 fully saturated rings. The molecule has 0 saturated heterocycles. The SMILES string of the molecule is CCCCOC(=O)OCC(=O)[C@@]1(OC(=O)OCCC)CC[C@H]2[C@@H]3CCC4=CC(=O)CC[C@]4(C)[C@H]3C(=O)C[C@@]21C. The molecule has 0 amide bonds. The van der Waals surface area contributed by atoms with Crippen LogP contribution in [-0.4, -0.2) is 55.1 Å². The number of rotatable bonds is 9. The molecule has 3 saturated carbocycles. The molecule has 9 nitrogen and oxygen atoms in total. The molecule has 0 heterocycles. The van der Waals surface area contributed by atoms with Gasteiger partial charge in [-0.3, -0.25) is 14.4 Å². The summed E-state index contributed by atoms with van der Waals surface area (Å²) < 4.78 is 21.3. The molecular formula is C30H42O9. The maximum atomic E-state index is 14.0. The molecule has 0 aromatic heterocycles. The highest BCUT2D eigenvalue weighted by Gasteiger charge is 2.71. The first-order valence-electron chi connectivity index (χ1n) is 14.5. The number of hydrogen-bond acceptors (Lipinski definition) is 9. The number of carbonyl (C=O) groups is 5. The molecule has 0 aromatic carbocycles. The highest BCUT2D eigenvalue weighted by Crippen LogP contribution is 2.67. The number of carbonyl (C=O) groups excluding carboxylic acids is 5. The van der Waals surface area contributed by atoms with E-state index in [0.29, 0.717) is 32.1 Å². The first-order chi connectivity index (χ1) is 18.5. The van der Waals surface area contributed by atoms with Crippen molar-refractivity contribution in [2.75, 3.05) is 19.8 Å². The van der Waals surface area contributed by atoms with Crippen LogP contribution in [-0.2, 0) is 33.3 Å². The second-order valence-electron chi connectivity index (χ2n) is 12.1. The van der Waals surface area contributed by atoms with Crippen LogP contribution >= 0.6 is 0 Å². The zero-order chi connectivity index (χ0) is 28.4. The first-order valence-corrected chi connectivity index (χ1v) is 14.5. The van der Waals surface area contributed by atoms with Crippen molar-refractivity contribution < 1.29 is 42.9 Å². The van der Waals surface area contributed by atoms with Gasteiger partial charge in [-0.2, -0.15) is 0 Å². The van der Waals surface area contributed by atoms with Gasteiger partial charge in [0.15, 0.2) is 18.0 Å². The summed E-state index contributed by atoms with van der Waals surface area (Å²) in [6, 6.07) is 0. The van der Waals surface area contributed by atoms with E-state index >= 15 is 0 Å². The summed E-state index contributed by atoms with van der Waals surface area (Å²) >= 11 is 0. The van der Waals surface area contributed by atoms with E-state index in [1.54, 1.807) is 6.08 Å². The fourth-order valence-corrected chi connectivity index (χ4v) is 7.99. The molecule has 0 spiro atoms. The van der Waals surface area contributed by atoms with E-state index < -0.39 is 35.7 Å². The van der Waals surface area contributed by atoms with Gasteiger partial charge in [-0.05, 0) is 68.3 Å². The number of allylic oxidation sites excluding steroid dienone is 1. The summed E-state index contributed by atoms with van der Waals surface area (Å²) in [5, 5.41) is 0. The minimum Gasteiger partial charge on any atom is -0.434 e. The van der Waals surface area contributed by atoms with Crippen molar-refractivity contribution in [1.82, 2.24) is 0 Å². The normalized spacial score (nSPS) is 35.2. The van der Waals surface area contributed by atoms with Gasteiger partial charge < -0.3 is 18.9 Å². The van der Waals surface area contributed by atoms with E-state index in [9.17, 15) is 24.0 Å². The predicted octanol–water partition coefficient (Wildman–Crippen LogP) is 5.52. The highest BCUT2D eigenvalue weighted by atomic mass is 16.7. The largest absolute Gasteiger partial charge is 0.509 e. The van der Waals surface area contributed by atoms with Gasteiger partial charge in [0.1, 0.15) is 5.78 Å². The average molecular weight is 547 g/mol. The van der Waals surface area contributed by atoms with Crippen LogP contribution in [0.15, 0.2) is 11.6 Å². The van der Waals surface area contributed by atoms with Crippen LogP contribution < -0.4 is 0 Å². The van der Waals surface area contributed by atoms with E-state index in [4.69, 9.17) is 18.9 Å². The molecule has 4 rings (SSSR count). The van der Waals surface area contributed by atoms with Crippen molar-refractivity contribution >= 4 is 29.7 Å². The van der Waals surface area contributed by atoms with Crippen LogP contribution in [0.5, 0.6) is 0 Å². The smallest absolute Gasteiger partial charge is 0.434 e. The molecule has 4 aliphatic carbocycles. The molecule has 216 valence electrons. The second-order valence-corrected chi connectivity index (χ2v) is 12.1. The zero-order valence-electron chi connectivity index (χ0n) is 23.7. The number of ketones is 3. The van der Waals surface area contributed by atoms with Crippen LogP contribution in [0.1, 0.15) is 91.9 Å². The molecule has 0 unspecified atom stereocenters. The highest BCUT2D eigenvalue weighted by molar-refractivity contribution is 5.95. The molecule has 0 N–H and O–H groups in total. The lowest BCUT2D eigenvalue weighted by atomic mass is 9.46. The molecule has 0 aromatic rings. The Morgan fingerprint density at radius 2 is 1.67 bits per heavy atom. The van der Waals surface area contributed by atoms with Gasteiger partial charge in [0, 0.05) is 24.2 Å². The Balaban J connectivity index is 1.62. The lowest BCUT2D eigenvalue weighted by Gasteiger charge is -2.57. The summed E-state index contributed by atoms with van der Waals surface area (Å²) in [5.74, 6) is -0.721. The Hall–Kier alpha value is -2.71. The first kappa shape index (κ1) is 29.3. The number of unbranched alkanes of at least 4 members (excludes halogenated alkanes) is 1. The Kier molecular flexibility index (Phi) is 8.57. The Morgan fingerprint density at radius 1 is 0.923 bits per heavy atom. The second kappa shape index (κ2) is 11.4. The van der Waals surface area contributed by atoms with Crippen molar-refractivity contribution in [1.29, 1.82) is 0 Å². The third-order valence-electron chi connectivity index (χ3n) is 9.95. The minimum absolute atomic E-state index is 0.00327. The maximum absolute atomic E-state index is 14.0. The lowest BCUT2D eigenvalue weighted by Crippen LogP contribution is -2.62. The van der Waals surface area contributed by atoms with Crippen LogP contribution in [0, 0.1) is 28.6 Å². The summed E-state index contributed by atoms with van der Waals surface area (Å²) in [6.45, 7) is 7.48. The van der Waals surface area contributed by atoms with Crippen molar-refractivity contribution in [2.24, 2.45) is 28.6 Å². The monoisotopic (exact) mass is 546 g/mol. The average Bonchev–Trinajstić information content (AvgIpc) is 3.18. The summed E-state index contributed by atoms with van der Waals surface area (Å²) in [5.41, 5.74) is -1.96. The quantitative estimate of drug-likeness (QED) is 0.272. The van der Waals surface area contributed by atoms with E-state index in [0.717, 1.165) is 24.8 Å². The standard InChI is InChI=1S/C30H42O9/c1-5-7-15-37-26(34)38-18-24(33)30(39-27(35)36-14-6-2)13-11-22-21-9-8-19-16-20(31)10-12-28(19,3)25(21)23(32)17-29(22,30)4/h16,21-22,25H,5-15,17-18H2,1-4H3/t21-,22-,25+,28-,29-,30-/m0/s1. The molecule has 9 heteroatoms. The molecule has 0 aliphatic heterocycles. The van der Waals surface area contributed by atoms with Gasteiger partial charge in [0.05, 0.1) is 13.2 Å². The fraction of sp³-hybridized carbons (Fsp3) is 0.767. The van der Waals surface area contributed by atoms with Gasteiger partial charge in [-0.25, -0.2) is 9.59 Å². The van der Waals surface area contributed by atoms with E-state index in [2.05, 4.69) is 6.92 Å². The number of fused-ring (bicyclic) bond motifs is 5. The summed E-state index contributed by atoms with van der Waals surface area (Å²) in [7, 11) is 0. The Bertz CT molecular complexity index is 1050. The maximum Gasteiger partial charge on any atom is 0.509 e. The third-order valence-corrected chi connectivity index (χ3v) is 9.95. The van der Waals surface area contributed by atoms with Crippen LogP contribution in [0.2, 0.25) is 0 Å². The number of ether oxygens (including phenoxy) is 4. The predicted molar refractivity (Wildman–Crippen MR) is 140 cm³/mol. The van der Waals surface area contributed by atoms with Gasteiger partial charge in [-0.1, -0.05) is 39.7 Å². The van der Waals surface area contributed by atoms with Crippen LogP contribution in [0.25, 0.3) is 0 Å². The Morgan fingerprint density at radius 3 is 2.38 bits per heavy atom. The molecule has 0 bridgehead atoms. The van der Waals surface area contributed by atoms with Crippen molar-refractivity contribution in [2.45, 2.75) is 97.5 Å². The fourth-order valence-electron chi connectivity index (χ4n) is 7.99. The summed E-state index contributed by atoms with van der Waals surface area (Å²) in [6.07, 6.45) is 5.34. The topological polar surface area (TPSA) is 122 Å². The van der Waals surface area contributed by atoms with Crippen LogP contribution in [0.3, 0.4) is 0 Å². The van der Waals surface area contributed by atoms with E-state index in [-0.39, 0.29) is 60.8 Å². The molecule has 0 radical (unpaired) electrons. The van der Waals surface area contributed by atoms with Crippen molar-refractivity contribution in [3.05, 3.63) is 11.6 Å². The summed E-state index contributed by atoms with van der Waals surface area (Å²) in [4.78, 5) is 64.9. The Labute approximate surface area is 230 Å². The number of Topliss-reactive ketones (excluding diaryl/α,β-unsaturated/α-hetero) is 2. The molecule has 6 atom stereocenters. The molecule has 4 aliphatic rings. The van der Waals surface area contributed by atoms with E-state index in [1.807, 2.05) is 20.8 Å².